The Balaban J connectivity index is 1.30. The molecule has 2 atom stereocenters. The lowest BCUT2D eigenvalue weighted by molar-refractivity contribution is -0.130. The zero-order chi connectivity index (χ0) is 20.3. The van der Waals surface area contributed by atoms with Gasteiger partial charge in [0.1, 0.15) is 17.5 Å². The van der Waals surface area contributed by atoms with Crippen LogP contribution in [0.2, 0.25) is 0 Å². The summed E-state index contributed by atoms with van der Waals surface area (Å²) in [5, 5.41) is 7.22. The van der Waals surface area contributed by atoms with Crippen molar-refractivity contribution in [3.8, 4) is 0 Å². The van der Waals surface area contributed by atoms with Gasteiger partial charge in [0.15, 0.2) is 0 Å². The standard InChI is InChI=1S/C20H28N6O3/c1-3-26-12-16(9-24-26)11-25-4-5-29-20(13-25)6-17(28-14-20)19(27)23-10-18-21-7-15(2)8-22-18/h7-9,12,17H,3-6,10-11,13-14H2,1-2H3,(H,23,27). The van der Waals surface area contributed by atoms with E-state index >= 15 is 0 Å². The molecule has 0 bridgehead atoms. The van der Waals surface area contributed by atoms with Gasteiger partial charge >= 0.3 is 0 Å². The number of aryl methyl sites for hydroxylation is 2. The molecule has 2 aliphatic rings. The number of morpholine rings is 1. The van der Waals surface area contributed by atoms with E-state index in [0.29, 0.717) is 32.0 Å². The molecule has 1 N–H and O–H groups in total. The quantitative estimate of drug-likeness (QED) is 0.762. The van der Waals surface area contributed by atoms with Gasteiger partial charge in [-0.05, 0) is 19.4 Å². The van der Waals surface area contributed by atoms with Crippen LogP contribution < -0.4 is 5.32 Å². The zero-order valence-electron chi connectivity index (χ0n) is 17.0. The molecule has 4 heterocycles. The van der Waals surface area contributed by atoms with Gasteiger partial charge in [-0.3, -0.25) is 14.4 Å². The van der Waals surface area contributed by atoms with Crippen molar-refractivity contribution in [3.63, 3.8) is 0 Å². The zero-order valence-corrected chi connectivity index (χ0v) is 17.0. The number of ether oxygens (including phenoxy) is 2. The second-order valence-corrected chi connectivity index (χ2v) is 7.84. The number of aromatic nitrogens is 4. The number of nitrogens with one attached hydrogen (secondary N) is 1. The van der Waals surface area contributed by atoms with Crippen molar-refractivity contribution in [2.75, 3.05) is 26.3 Å². The highest BCUT2D eigenvalue weighted by atomic mass is 16.6. The van der Waals surface area contributed by atoms with E-state index in [0.717, 1.165) is 31.7 Å². The first kappa shape index (κ1) is 19.9. The highest BCUT2D eigenvalue weighted by Crippen LogP contribution is 2.32. The average Bonchev–Trinajstić information content (AvgIpc) is 3.35. The second-order valence-electron chi connectivity index (χ2n) is 7.84. The lowest BCUT2D eigenvalue weighted by Gasteiger charge is -2.39. The predicted molar refractivity (Wildman–Crippen MR) is 105 cm³/mol. The molecule has 0 aliphatic carbocycles. The number of carbonyl (C=O) groups is 1. The summed E-state index contributed by atoms with van der Waals surface area (Å²) >= 11 is 0. The number of nitrogens with zero attached hydrogens (tertiary/aromatic N) is 5. The van der Waals surface area contributed by atoms with Crippen molar-refractivity contribution in [2.24, 2.45) is 0 Å². The summed E-state index contributed by atoms with van der Waals surface area (Å²) in [7, 11) is 0. The van der Waals surface area contributed by atoms with E-state index in [4.69, 9.17) is 9.47 Å². The maximum absolute atomic E-state index is 12.5. The van der Waals surface area contributed by atoms with Crippen LogP contribution in [0.1, 0.15) is 30.3 Å². The number of carbonyl (C=O) groups excluding carboxylic acids is 1. The molecule has 2 aliphatic heterocycles. The number of hydrogen-bond acceptors (Lipinski definition) is 7. The van der Waals surface area contributed by atoms with Crippen LogP contribution in [-0.2, 0) is 33.9 Å². The smallest absolute Gasteiger partial charge is 0.249 e. The van der Waals surface area contributed by atoms with Gasteiger partial charge in [0.2, 0.25) is 5.91 Å². The third-order valence-electron chi connectivity index (χ3n) is 5.40. The minimum atomic E-state index is -0.511. The second kappa shape index (κ2) is 8.56. The lowest BCUT2D eigenvalue weighted by Crippen LogP contribution is -2.52. The van der Waals surface area contributed by atoms with Gasteiger partial charge in [-0.2, -0.15) is 5.10 Å². The molecule has 0 saturated carbocycles. The molecule has 1 amide bonds. The fraction of sp³-hybridized carbons (Fsp3) is 0.600. The Bertz CT molecular complexity index is 839. The topological polar surface area (TPSA) is 94.4 Å². The van der Waals surface area contributed by atoms with Gasteiger partial charge in [-0.15, -0.1) is 0 Å². The molecule has 2 saturated heterocycles. The Morgan fingerprint density at radius 2 is 2.17 bits per heavy atom. The highest BCUT2D eigenvalue weighted by molar-refractivity contribution is 5.81. The molecule has 4 rings (SSSR count). The monoisotopic (exact) mass is 400 g/mol. The number of hydrogen-bond donors (Lipinski definition) is 1. The molecular weight excluding hydrogens is 372 g/mol. The molecule has 2 fully saturated rings. The van der Waals surface area contributed by atoms with Crippen LogP contribution in [0.3, 0.4) is 0 Å². The van der Waals surface area contributed by atoms with Crippen LogP contribution in [0.4, 0.5) is 0 Å². The molecule has 2 unspecified atom stereocenters. The van der Waals surface area contributed by atoms with E-state index in [1.165, 1.54) is 5.56 Å². The minimum absolute atomic E-state index is 0.143. The number of amides is 1. The molecule has 9 heteroatoms. The van der Waals surface area contributed by atoms with E-state index in [1.54, 1.807) is 12.4 Å². The Morgan fingerprint density at radius 3 is 2.93 bits per heavy atom. The average molecular weight is 400 g/mol. The first-order valence-corrected chi connectivity index (χ1v) is 10.1. The summed E-state index contributed by atoms with van der Waals surface area (Å²) < 4.78 is 13.8. The van der Waals surface area contributed by atoms with Crippen molar-refractivity contribution >= 4 is 5.91 Å². The van der Waals surface area contributed by atoms with E-state index in [1.807, 2.05) is 17.8 Å². The lowest BCUT2D eigenvalue weighted by atomic mass is 9.97. The number of rotatable bonds is 6. The maximum Gasteiger partial charge on any atom is 0.249 e. The van der Waals surface area contributed by atoms with Crippen molar-refractivity contribution in [1.82, 2.24) is 30.0 Å². The first-order valence-electron chi connectivity index (χ1n) is 10.1. The molecule has 2 aromatic heterocycles. The third-order valence-corrected chi connectivity index (χ3v) is 5.40. The van der Waals surface area contributed by atoms with Crippen molar-refractivity contribution in [2.45, 2.75) is 51.6 Å². The van der Waals surface area contributed by atoms with Gasteiger partial charge in [-0.25, -0.2) is 9.97 Å². The van der Waals surface area contributed by atoms with Crippen molar-refractivity contribution in [3.05, 3.63) is 41.7 Å². The molecule has 156 valence electrons. The molecule has 9 nitrogen and oxygen atoms in total. The van der Waals surface area contributed by atoms with Crippen LogP contribution in [0.15, 0.2) is 24.8 Å². The fourth-order valence-electron chi connectivity index (χ4n) is 3.86. The summed E-state index contributed by atoms with van der Waals surface area (Å²) in [6.07, 6.45) is 7.52. The van der Waals surface area contributed by atoms with Gasteiger partial charge in [-0.1, -0.05) is 0 Å². The van der Waals surface area contributed by atoms with E-state index in [2.05, 4.69) is 38.4 Å². The molecule has 29 heavy (non-hydrogen) atoms. The molecule has 0 radical (unpaired) electrons. The van der Waals surface area contributed by atoms with Crippen LogP contribution in [-0.4, -0.2) is 68.6 Å². The normalized spacial score (nSPS) is 24.8. The SMILES string of the molecule is CCn1cc(CN2CCOC3(COC(C(=O)NCc4ncc(C)cn4)C3)C2)cn1. The van der Waals surface area contributed by atoms with Gasteiger partial charge in [0.05, 0.1) is 26.0 Å². The summed E-state index contributed by atoms with van der Waals surface area (Å²) in [6.45, 7) is 8.66. The largest absolute Gasteiger partial charge is 0.370 e. The molecular formula is C20H28N6O3. The van der Waals surface area contributed by atoms with Crippen LogP contribution in [0.5, 0.6) is 0 Å². The Kier molecular flexibility index (Phi) is 5.89. The Labute approximate surface area is 170 Å². The first-order chi connectivity index (χ1) is 14.0. The predicted octanol–water partition coefficient (Wildman–Crippen LogP) is 0.678. The Morgan fingerprint density at radius 1 is 1.34 bits per heavy atom. The van der Waals surface area contributed by atoms with Crippen molar-refractivity contribution < 1.29 is 14.3 Å². The highest BCUT2D eigenvalue weighted by Gasteiger charge is 2.46. The maximum atomic E-state index is 12.5. The molecule has 1 spiro atoms. The van der Waals surface area contributed by atoms with E-state index in [9.17, 15) is 4.79 Å². The summed E-state index contributed by atoms with van der Waals surface area (Å²) in [6, 6.07) is 0. The van der Waals surface area contributed by atoms with Crippen molar-refractivity contribution in [1.29, 1.82) is 0 Å². The Hall–Kier alpha value is -2.36. The van der Waals surface area contributed by atoms with Gasteiger partial charge < -0.3 is 14.8 Å². The minimum Gasteiger partial charge on any atom is -0.370 e. The van der Waals surface area contributed by atoms with Crippen LogP contribution in [0.25, 0.3) is 0 Å². The van der Waals surface area contributed by atoms with Crippen LogP contribution >= 0.6 is 0 Å². The fourth-order valence-corrected chi connectivity index (χ4v) is 3.86. The van der Waals surface area contributed by atoms with E-state index in [-0.39, 0.29) is 5.91 Å². The van der Waals surface area contributed by atoms with E-state index < -0.39 is 11.7 Å². The third kappa shape index (κ3) is 4.80. The van der Waals surface area contributed by atoms with Gasteiger partial charge in [0.25, 0.3) is 0 Å². The molecule has 2 aromatic rings. The van der Waals surface area contributed by atoms with Crippen LogP contribution in [0, 0.1) is 6.92 Å². The molecule has 0 aromatic carbocycles. The summed E-state index contributed by atoms with van der Waals surface area (Å²) in [4.78, 5) is 23.3. The summed E-state index contributed by atoms with van der Waals surface area (Å²) in [5.41, 5.74) is 1.75. The summed E-state index contributed by atoms with van der Waals surface area (Å²) in [5.74, 6) is 0.445. The van der Waals surface area contributed by atoms with Gasteiger partial charge in [0, 0.05) is 56.8 Å².